The number of ether oxygens (including phenoxy) is 4. The first-order chi connectivity index (χ1) is 13.8. The van der Waals surface area contributed by atoms with Gasteiger partial charge in [0.25, 0.3) is 5.91 Å². The fraction of sp³-hybridized carbons (Fsp3) is 0.435. The van der Waals surface area contributed by atoms with Crippen LogP contribution < -0.4 is 24.3 Å². The summed E-state index contributed by atoms with van der Waals surface area (Å²) >= 11 is 0. The van der Waals surface area contributed by atoms with E-state index in [1.165, 1.54) is 0 Å². The number of rotatable bonds is 7. The normalized spacial score (nSPS) is 18.0. The Hall–Kier alpha value is -2.89. The van der Waals surface area contributed by atoms with Gasteiger partial charge in [0.1, 0.15) is 28.6 Å². The minimum absolute atomic E-state index is 0.153. The number of nitrogens with one attached hydrogen (secondary N) is 1. The molecular formula is C23H29NO5. The van der Waals surface area contributed by atoms with Crippen molar-refractivity contribution in [2.75, 3.05) is 14.2 Å². The Morgan fingerprint density at radius 2 is 1.83 bits per heavy atom. The van der Waals surface area contributed by atoms with Gasteiger partial charge < -0.3 is 24.3 Å². The summed E-state index contributed by atoms with van der Waals surface area (Å²) in [7, 11) is 3.22. The highest BCUT2D eigenvalue weighted by molar-refractivity contribution is 5.81. The zero-order valence-electron chi connectivity index (χ0n) is 17.7. The fourth-order valence-electron chi connectivity index (χ4n) is 3.51. The molecule has 1 amide bonds. The van der Waals surface area contributed by atoms with Gasteiger partial charge in [-0.1, -0.05) is 13.0 Å². The maximum atomic E-state index is 13.0. The van der Waals surface area contributed by atoms with Crippen LogP contribution in [0.5, 0.6) is 23.0 Å². The SMILES string of the molecule is CCC(Oc1cccc(OC)c1)C(=O)NC1CC(C)(C)Oc2cc(OC)ccc21. The molecule has 0 saturated carbocycles. The van der Waals surface area contributed by atoms with Gasteiger partial charge in [-0.05, 0) is 44.5 Å². The quantitative estimate of drug-likeness (QED) is 0.753. The molecule has 1 heterocycles. The highest BCUT2D eigenvalue weighted by atomic mass is 16.5. The van der Waals surface area contributed by atoms with Crippen molar-refractivity contribution < 1.29 is 23.7 Å². The molecular weight excluding hydrogens is 370 g/mol. The molecule has 6 nitrogen and oxygen atoms in total. The van der Waals surface area contributed by atoms with E-state index in [1.54, 1.807) is 20.3 Å². The Morgan fingerprint density at radius 3 is 2.52 bits per heavy atom. The van der Waals surface area contributed by atoms with Crippen LogP contribution in [0.1, 0.15) is 45.2 Å². The molecule has 3 rings (SSSR count). The van der Waals surface area contributed by atoms with Crippen molar-refractivity contribution in [2.24, 2.45) is 0 Å². The van der Waals surface area contributed by atoms with E-state index in [-0.39, 0.29) is 11.9 Å². The molecule has 1 aliphatic heterocycles. The third kappa shape index (κ3) is 4.94. The lowest BCUT2D eigenvalue weighted by molar-refractivity contribution is -0.129. The van der Waals surface area contributed by atoms with Gasteiger partial charge in [-0.25, -0.2) is 0 Å². The molecule has 0 saturated heterocycles. The van der Waals surface area contributed by atoms with Gasteiger partial charge in [-0.3, -0.25) is 4.79 Å². The summed E-state index contributed by atoms with van der Waals surface area (Å²) in [5.41, 5.74) is 0.530. The van der Waals surface area contributed by atoms with Crippen molar-refractivity contribution >= 4 is 5.91 Å². The van der Waals surface area contributed by atoms with Crippen molar-refractivity contribution in [1.82, 2.24) is 5.32 Å². The van der Waals surface area contributed by atoms with E-state index >= 15 is 0 Å². The fourth-order valence-corrected chi connectivity index (χ4v) is 3.51. The number of carbonyl (C=O) groups is 1. The Bertz CT molecular complexity index is 864. The second-order valence-corrected chi connectivity index (χ2v) is 7.72. The summed E-state index contributed by atoms with van der Waals surface area (Å²) < 4.78 is 22.6. The maximum Gasteiger partial charge on any atom is 0.261 e. The zero-order valence-corrected chi connectivity index (χ0v) is 17.7. The predicted molar refractivity (Wildman–Crippen MR) is 111 cm³/mol. The highest BCUT2D eigenvalue weighted by Crippen LogP contribution is 2.41. The molecule has 1 aliphatic rings. The lowest BCUT2D eigenvalue weighted by atomic mass is 9.89. The lowest BCUT2D eigenvalue weighted by Gasteiger charge is -2.38. The number of amides is 1. The molecule has 6 heteroatoms. The maximum absolute atomic E-state index is 13.0. The van der Waals surface area contributed by atoms with E-state index in [0.717, 1.165) is 17.1 Å². The number of fused-ring (bicyclic) bond motifs is 1. The monoisotopic (exact) mass is 399 g/mol. The first-order valence-electron chi connectivity index (χ1n) is 9.83. The van der Waals surface area contributed by atoms with Crippen molar-refractivity contribution in [2.45, 2.75) is 51.4 Å². The van der Waals surface area contributed by atoms with Gasteiger partial charge in [-0.15, -0.1) is 0 Å². The van der Waals surface area contributed by atoms with Gasteiger partial charge >= 0.3 is 0 Å². The average Bonchev–Trinajstić information content (AvgIpc) is 2.70. The summed E-state index contributed by atoms with van der Waals surface area (Å²) in [6, 6.07) is 12.8. The average molecular weight is 399 g/mol. The molecule has 0 radical (unpaired) electrons. The van der Waals surface area contributed by atoms with E-state index in [9.17, 15) is 4.79 Å². The molecule has 0 aromatic heterocycles. The van der Waals surface area contributed by atoms with E-state index < -0.39 is 11.7 Å². The third-order valence-electron chi connectivity index (χ3n) is 4.98. The van der Waals surface area contributed by atoms with E-state index in [2.05, 4.69) is 5.32 Å². The van der Waals surface area contributed by atoms with Gasteiger partial charge in [0.15, 0.2) is 6.10 Å². The molecule has 29 heavy (non-hydrogen) atoms. The van der Waals surface area contributed by atoms with Crippen LogP contribution in [-0.2, 0) is 4.79 Å². The number of methoxy groups -OCH3 is 2. The van der Waals surface area contributed by atoms with Crippen LogP contribution in [0, 0.1) is 0 Å². The van der Waals surface area contributed by atoms with E-state index in [1.807, 2.05) is 57.2 Å². The second kappa shape index (κ2) is 8.64. The zero-order chi connectivity index (χ0) is 21.0. The summed E-state index contributed by atoms with van der Waals surface area (Å²) in [5.74, 6) is 2.59. The van der Waals surface area contributed by atoms with Gasteiger partial charge in [0, 0.05) is 24.1 Å². The third-order valence-corrected chi connectivity index (χ3v) is 4.98. The topological polar surface area (TPSA) is 66.0 Å². The van der Waals surface area contributed by atoms with Gasteiger partial charge in [-0.2, -0.15) is 0 Å². The standard InChI is InChI=1S/C23H29NO5/c1-6-20(28-17-9-7-8-15(12-17)26-4)22(25)24-19-14-23(2,3)29-21-13-16(27-5)10-11-18(19)21/h7-13,19-20H,6,14H2,1-5H3,(H,24,25). The van der Waals surface area contributed by atoms with E-state index in [0.29, 0.717) is 24.3 Å². The second-order valence-electron chi connectivity index (χ2n) is 7.72. The predicted octanol–water partition coefficient (Wildman–Crippen LogP) is 4.28. The number of benzene rings is 2. The van der Waals surface area contributed by atoms with Crippen LogP contribution in [0.4, 0.5) is 0 Å². The Kier molecular flexibility index (Phi) is 6.20. The van der Waals surface area contributed by atoms with Crippen molar-refractivity contribution in [1.29, 1.82) is 0 Å². The molecule has 1 N–H and O–H groups in total. The van der Waals surface area contributed by atoms with Crippen LogP contribution in [0.25, 0.3) is 0 Å². The molecule has 156 valence electrons. The molecule has 2 aromatic rings. The van der Waals surface area contributed by atoms with Crippen LogP contribution in [-0.4, -0.2) is 31.8 Å². The van der Waals surface area contributed by atoms with Gasteiger partial charge in [0.05, 0.1) is 20.3 Å². The van der Waals surface area contributed by atoms with Crippen molar-refractivity contribution in [3.8, 4) is 23.0 Å². The smallest absolute Gasteiger partial charge is 0.261 e. The lowest BCUT2D eigenvalue weighted by Crippen LogP contribution is -2.45. The largest absolute Gasteiger partial charge is 0.497 e. The summed E-state index contributed by atoms with van der Waals surface area (Å²) in [6.45, 7) is 5.95. The molecule has 0 spiro atoms. The van der Waals surface area contributed by atoms with Crippen LogP contribution in [0.3, 0.4) is 0 Å². The first-order valence-corrected chi connectivity index (χ1v) is 9.83. The van der Waals surface area contributed by atoms with Crippen LogP contribution >= 0.6 is 0 Å². The van der Waals surface area contributed by atoms with E-state index in [4.69, 9.17) is 18.9 Å². The number of carbonyl (C=O) groups excluding carboxylic acids is 1. The molecule has 0 fully saturated rings. The first kappa shape index (κ1) is 20.8. The Morgan fingerprint density at radius 1 is 1.14 bits per heavy atom. The molecule has 2 atom stereocenters. The number of hydrogen-bond donors (Lipinski definition) is 1. The number of hydrogen-bond acceptors (Lipinski definition) is 5. The Balaban J connectivity index is 1.77. The molecule has 0 aliphatic carbocycles. The summed E-state index contributed by atoms with van der Waals surface area (Å²) in [4.78, 5) is 13.0. The van der Waals surface area contributed by atoms with Crippen LogP contribution in [0.15, 0.2) is 42.5 Å². The summed E-state index contributed by atoms with van der Waals surface area (Å²) in [6.07, 6.45) is 0.605. The van der Waals surface area contributed by atoms with Crippen LogP contribution in [0.2, 0.25) is 0 Å². The molecule has 0 bridgehead atoms. The highest BCUT2D eigenvalue weighted by Gasteiger charge is 2.36. The van der Waals surface area contributed by atoms with Gasteiger partial charge in [0.2, 0.25) is 0 Å². The van der Waals surface area contributed by atoms with Crippen molar-refractivity contribution in [3.05, 3.63) is 48.0 Å². The minimum Gasteiger partial charge on any atom is -0.497 e. The van der Waals surface area contributed by atoms with Crippen molar-refractivity contribution in [3.63, 3.8) is 0 Å². The Labute approximate surface area is 172 Å². The molecule has 2 aromatic carbocycles. The molecule has 2 unspecified atom stereocenters. The summed E-state index contributed by atoms with van der Waals surface area (Å²) in [5, 5.41) is 3.15. The minimum atomic E-state index is -0.602.